The standard InChI is InChI=1S/C28H39N5O7/c1-17-26(37)30-21(14-19-8-5-4-6-9-19)27(38)29-20-11-13-40-23(25(20)36)15-32(18(2)34)16-24(35)33-12-7-10-22(33)28(39)31(17)3/h4-6,8-9,17,20-23,25,36H,7,10-16H2,1-3H3,(H,29,38)(H,30,37)/t17-,20-,21-,22-,23+,25-/m0/s1. The first kappa shape index (κ1) is 29.5. The summed E-state index contributed by atoms with van der Waals surface area (Å²) in [5.74, 6) is -2.14. The largest absolute Gasteiger partial charge is 0.388 e. The molecule has 0 saturated carbocycles. The summed E-state index contributed by atoms with van der Waals surface area (Å²) in [6.07, 6.45) is -0.400. The van der Waals surface area contributed by atoms with E-state index < -0.39 is 48.2 Å². The van der Waals surface area contributed by atoms with Crippen LogP contribution in [0.3, 0.4) is 0 Å². The Balaban J connectivity index is 1.66. The third-order valence-electron chi connectivity index (χ3n) is 8.14. The van der Waals surface area contributed by atoms with Gasteiger partial charge in [-0.2, -0.15) is 0 Å². The molecule has 3 heterocycles. The molecule has 1 aromatic rings. The first-order valence-electron chi connectivity index (χ1n) is 13.8. The molecule has 1 aromatic carbocycles. The Bertz CT molecular complexity index is 1120. The van der Waals surface area contributed by atoms with Gasteiger partial charge in [0.2, 0.25) is 29.5 Å². The van der Waals surface area contributed by atoms with Gasteiger partial charge in [-0.25, -0.2) is 0 Å². The monoisotopic (exact) mass is 557 g/mol. The minimum Gasteiger partial charge on any atom is -0.388 e. The molecule has 4 rings (SSSR count). The Morgan fingerprint density at radius 3 is 2.50 bits per heavy atom. The lowest BCUT2D eigenvalue weighted by atomic mass is 9.97. The van der Waals surface area contributed by atoms with Crippen LogP contribution in [0.4, 0.5) is 0 Å². The van der Waals surface area contributed by atoms with E-state index in [9.17, 15) is 29.1 Å². The van der Waals surface area contributed by atoms with Crippen molar-refractivity contribution < 1.29 is 33.8 Å². The van der Waals surface area contributed by atoms with Crippen molar-refractivity contribution in [3.8, 4) is 0 Å². The molecule has 6 atom stereocenters. The number of amides is 5. The van der Waals surface area contributed by atoms with Crippen LogP contribution in [-0.2, 0) is 35.1 Å². The maximum Gasteiger partial charge on any atom is 0.245 e. The van der Waals surface area contributed by atoms with Crippen molar-refractivity contribution in [2.45, 2.75) is 75.9 Å². The summed E-state index contributed by atoms with van der Waals surface area (Å²) < 4.78 is 5.76. The van der Waals surface area contributed by atoms with Crippen molar-refractivity contribution in [2.24, 2.45) is 0 Å². The molecule has 12 nitrogen and oxygen atoms in total. The number of fused-ring (bicyclic) bond motifs is 3. The summed E-state index contributed by atoms with van der Waals surface area (Å²) in [6, 6.07) is 5.89. The lowest BCUT2D eigenvalue weighted by Gasteiger charge is -2.38. The zero-order chi connectivity index (χ0) is 29.0. The number of aliphatic hydroxyl groups is 1. The van der Waals surface area contributed by atoms with Gasteiger partial charge in [0, 0.05) is 33.5 Å². The summed E-state index contributed by atoms with van der Waals surface area (Å²) in [6.45, 7) is 3.16. The molecule has 40 heavy (non-hydrogen) atoms. The maximum absolute atomic E-state index is 13.5. The molecule has 0 unspecified atom stereocenters. The van der Waals surface area contributed by atoms with Crippen LogP contribution >= 0.6 is 0 Å². The molecule has 3 aliphatic rings. The third-order valence-corrected chi connectivity index (χ3v) is 8.14. The number of nitrogens with one attached hydrogen (secondary N) is 2. The second kappa shape index (κ2) is 12.8. The second-order valence-corrected chi connectivity index (χ2v) is 10.8. The maximum atomic E-state index is 13.5. The number of carbonyl (C=O) groups is 5. The zero-order valence-corrected chi connectivity index (χ0v) is 23.2. The van der Waals surface area contributed by atoms with E-state index in [0.29, 0.717) is 25.8 Å². The summed E-state index contributed by atoms with van der Waals surface area (Å²) in [5.41, 5.74) is 0.827. The first-order chi connectivity index (χ1) is 19.1. The van der Waals surface area contributed by atoms with Crippen molar-refractivity contribution in [1.29, 1.82) is 0 Å². The Labute approximate surface area is 234 Å². The smallest absolute Gasteiger partial charge is 0.245 e. The summed E-state index contributed by atoms with van der Waals surface area (Å²) in [4.78, 5) is 70.1. The lowest BCUT2D eigenvalue weighted by Crippen LogP contribution is -2.60. The fraction of sp³-hybridized carbons (Fsp3) is 0.607. The highest BCUT2D eigenvalue weighted by molar-refractivity contribution is 5.95. The van der Waals surface area contributed by atoms with Gasteiger partial charge in [-0.05, 0) is 31.7 Å². The van der Waals surface area contributed by atoms with Crippen LogP contribution in [0.15, 0.2) is 30.3 Å². The molecule has 12 heteroatoms. The van der Waals surface area contributed by atoms with Crippen molar-refractivity contribution in [1.82, 2.24) is 25.3 Å². The molecule has 3 fully saturated rings. The number of aliphatic hydroxyl groups excluding tert-OH is 1. The highest BCUT2D eigenvalue weighted by Gasteiger charge is 2.41. The molecule has 3 N–H and O–H groups in total. The van der Waals surface area contributed by atoms with Crippen LogP contribution in [0.5, 0.6) is 0 Å². The van der Waals surface area contributed by atoms with Crippen molar-refractivity contribution >= 4 is 29.5 Å². The number of hydrogen-bond donors (Lipinski definition) is 3. The summed E-state index contributed by atoms with van der Waals surface area (Å²) >= 11 is 0. The number of hydrogen-bond acceptors (Lipinski definition) is 7. The Morgan fingerprint density at radius 2 is 1.80 bits per heavy atom. The molecule has 2 bridgehead atoms. The fourth-order valence-corrected chi connectivity index (χ4v) is 5.53. The van der Waals surface area contributed by atoms with Gasteiger partial charge in [-0.15, -0.1) is 0 Å². The van der Waals surface area contributed by atoms with Crippen molar-refractivity contribution in [3.63, 3.8) is 0 Å². The number of rotatable bonds is 2. The van der Waals surface area contributed by atoms with Gasteiger partial charge < -0.3 is 35.2 Å². The lowest BCUT2D eigenvalue weighted by molar-refractivity contribution is -0.150. The molecule has 0 spiro atoms. The first-order valence-corrected chi connectivity index (χ1v) is 13.8. The predicted octanol–water partition coefficient (Wildman–Crippen LogP) is -0.951. The van der Waals surface area contributed by atoms with Gasteiger partial charge >= 0.3 is 0 Å². The van der Waals surface area contributed by atoms with Crippen LogP contribution in [0.25, 0.3) is 0 Å². The van der Waals surface area contributed by atoms with Gasteiger partial charge in [0.1, 0.15) is 30.3 Å². The predicted molar refractivity (Wildman–Crippen MR) is 144 cm³/mol. The number of likely N-dealkylation sites (N-methyl/N-ethyl adjacent to an activating group) is 1. The average Bonchev–Trinajstić information content (AvgIpc) is 3.43. The highest BCUT2D eigenvalue weighted by atomic mass is 16.5. The number of benzene rings is 1. The van der Waals surface area contributed by atoms with E-state index in [0.717, 1.165) is 5.56 Å². The zero-order valence-electron chi connectivity index (χ0n) is 23.2. The normalized spacial score (nSPS) is 30.9. The minimum absolute atomic E-state index is 0.0534. The average molecular weight is 558 g/mol. The van der Waals surface area contributed by atoms with Crippen LogP contribution in [-0.4, -0.2) is 119 Å². The molecular weight excluding hydrogens is 518 g/mol. The third kappa shape index (κ3) is 6.61. The SMILES string of the molecule is CC(=O)N1CC(=O)N2CCC[C@H]2C(=O)N(C)[C@@H](C)C(=O)N[C@@H](Cc2ccccc2)C(=O)N[C@H]2CCO[C@H](C1)[C@H]2O. The van der Waals surface area contributed by atoms with Gasteiger partial charge in [-0.3, -0.25) is 24.0 Å². The van der Waals surface area contributed by atoms with Crippen LogP contribution in [0.2, 0.25) is 0 Å². The Kier molecular flexibility index (Phi) is 9.41. The number of carbonyl (C=O) groups excluding carboxylic acids is 5. The van der Waals surface area contributed by atoms with Crippen molar-refractivity contribution in [2.75, 3.05) is 33.3 Å². The number of ether oxygens (including phenoxy) is 1. The van der Waals surface area contributed by atoms with Gasteiger partial charge in [0.25, 0.3) is 0 Å². The highest BCUT2D eigenvalue weighted by Crippen LogP contribution is 2.22. The summed E-state index contributed by atoms with van der Waals surface area (Å²) in [5, 5.41) is 16.8. The van der Waals surface area contributed by atoms with E-state index in [1.54, 1.807) is 6.92 Å². The molecule has 3 saturated heterocycles. The molecule has 0 aromatic heterocycles. The fourth-order valence-electron chi connectivity index (χ4n) is 5.53. The molecule has 0 radical (unpaired) electrons. The summed E-state index contributed by atoms with van der Waals surface area (Å²) in [7, 11) is 1.51. The van der Waals surface area contributed by atoms with E-state index in [1.807, 2.05) is 30.3 Å². The van der Waals surface area contributed by atoms with E-state index >= 15 is 0 Å². The topological polar surface area (TPSA) is 149 Å². The van der Waals surface area contributed by atoms with Crippen molar-refractivity contribution in [3.05, 3.63) is 35.9 Å². The quantitative estimate of drug-likeness (QED) is 0.425. The van der Waals surface area contributed by atoms with E-state index in [-0.39, 0.29) is 43.8 Å². The van der Waals surface area contributed by atoms with E-state index in [4.69, 9.17) is 4.74 Å². The van der Waals surface area contributed by atoms with Gasteiger partial charge in [0.05, 0.1) is 19.1 Å². The van der Waals surface area contributed by atoms with Crippen LogP contribution < -0.4 is 10.6 Å². The molecule has 3 aliphatic heterocycles. The van der Waals surface area contributed by atoms with E-state index in [1.165, 1.54) is 28.7 Å². The Hall–Kier alpha value is -3.51. The molecule has 0 aliphatic carbocycles. The second-order valence-electron chi connectivity index (χ2n) is 10.8. The molecular formula is C28H39N5O7. The molecule has 5 amide bonds. The van der Waals surface area contributed by atoms with Crippen LogP contribution in [0, 0.1) is 0 Å². The van der Waals surface area contributed by atoms with E-state index in [2.05, 4.69) is 10.6 Å². The van der Waals surface area contributed by atoms with Gasteiger partial charge in [0.15, 0.2) is 0 Å². The Morgan fingerprint density at radius 1 is 1.07 bits per heavy atom. The minimum atomic E-state index is -1.15. The number of nitrogens with zero attached hydrogens (tertiary/aromatic N) is 3. The van der Waals surface area contributed by atoms with Crippen LogP contribution in [0.1, 0.15) is 38.7 Å². The molecule has 218 valence electrons. The van der Waals surface area contributed by atoms with Gasteiger partial charge in [-0.1, -0.05) is 30.3 Å².